The van der Waals surface area contributed by atoms with Crippen molar-refractivity contribution >= 4 is 28.7 Å². The Morgan fingerprint density at radius 3 is 2.68 bits per heavy atom. The molecule has 4 aromatic rings. The van der Waals surface area contributed by atoms with E-state index < -0.39 is 5.60 Å². The number of imidazole rings is 1. The Morgan fingerprint density at radius 1 is 1.05 bits per heavy atom. The van der Waals surface area contributed by atoms with Crippen molar-refractivity contribution in [3.63, 3.8) is 0 Å². The van der Waals surface area contributed by atoms with Gasteiger partial charge in [-0.1, -0.05) is 35.9 Å². The molecule has 2 aliphatic heterocycles. The Labute approximate surface area is 226 Å². The zero-order valence-corrected chi connectivity index (χ0v) is 22.5. The minimum atomic E-state index is -0.528. The molecule has 1 aliphatic carbocycles. The highest BCUT2D eigenvalue weighted by Gasteiger charge is 2.51. The second-order valence-corrected chi connectivity index (χ2v) is 12.2. The van der Waals surface area contributed by atoms with Gasteiger partial charge in [0.05, 0.1) is 17.1 Å². The van der Waals surface area contributed by atoms with Crippen LogP contribution in [0.25, 0.3) is 33.3 Å². The van der Waals surface area contributed by atoms with E-state index in [0.717, 1.165) is 74.7 Å². The van der Waals surface area contributed by atoms with Crippen LogP contribution in [0, 0.1) is 5.92 Å². The van der Waals surface area contributed by atoms with Gasteiger partial charge < -0.3 is 14.5 Å². The summed E-state index contributed by atoms with van der Waals surface area (Å²) >= 11 is 6.18. The van der Waals surface area contributed by atoms with E-state index >= 15 is 0 Å². The number of piperidine rings is 1. The fraction of sp³-hybridized carbons (Fsp3) is 0.355. The van der Waals surface area contributed by atoms with E-state index in [4.69, 9.17) is 26.1 Å². The van der Waals surface area contributed by atoms with Crippen LogP contribution in [0.2, 0.25) is 5.02 Å². The van der Waals surface area contributed by atoms with Crippen molar-refractivity contribution in [2.24, 2.45) is 5.92 Å². The number of ether oxygens (including phenoxy) is 2. The van der Waals surface area contributed by atoms with Gasteiger partial charge in [-0.05, 0) is 98.5 Å². The predicted molar refractivity (Wildman–Crippen MR) is 148 cm³/mol. The van der Waals surface area contributed by atoms with Crippen molar-refractivity contribution in [2.45, 2.75) is 64.3 Å². The highest BCUT2D eigenvalue weighted by molar-refractivity contribution is 6.30. The van der Waals surface area contributed by atoms with Gasteiger partial charge in [0, 0.05) is 16.6 Å². The molecule has 3 heterocycles. The molecule has 0 unspecified atom stereocenters. The molecule has 3 aromatic carbocycles. The standard InChI is InChI=1S/C31H30ClN3O3/c1-31(2,3)38-30(36)35-22-8-4-19(13-22)28(35)29-33-25-11-6-17(14-26(25)34-29)18-5-9-24-23-10-7-21(32)12-20(23)16-37-27(24)15-18/h5-7,9-12,14-15,19,22,28H,4,8,13,16H2,1-3H3,(H,33,34)/t19-,22-,28-/m1/s1. The molecule has 194 valence electrons. The molecule has 1 saturated heterocycles. The Balaban J connectivity index is 1.21. The number of halogens is 1. The Bertz CT molecular complexity index is 1590. The molecule has 3 aliphatic rings. The molecule has 2 fully saturated rings. The molecule has 0 radical (unpaired) electrons. The molecule has 7 rings (SSSR count). The van der Waals surface area contributed by atoms with Crippen LogP contribution in [-0.2, 0) is 11.3 Å². The smallest absolute Gasteiger partial charge is 0.411 e. The normalized spacial score (nSPS) is 21.8. The maximum absolute atomic E-state index is 13.1. The number of hydrogen-bond acceptors (Lipinski definition) is 4. The zero-order valence-electron chi connectivity index (χ0n) is 21.8. The van der Waals surface area contributed by atoms with Gasteiger partial charge in [0.1, 0.15) is 23.8 Å². The number of nitrogens with one attached hydrogen (secondary N) is 1. The van der Waals surface area contributed by atoms with E-state index in [1.54, 1.807) is 0 Å². The number of aromatic amines is 1. The Kier molecular flexibility index (Phi) is 5.28. The molecule has 1 saturated carbocycles. The SMILES string of the molecule is CC(C)(C)OC(=O)N1[C@@H]2CC[C@H](C2)[C@@H]1c1nc2ccc(-c3ccc4c(c3)OCc3cc(Cl)ccc3-4)cc2[nH]1. The molecule has 1 aromatic heterocycles. The van der Waals surface area contributed by atoms with E-state index in [0.29, 0.717) is 12.5 Å². The van der Waals surface area contributed by atoms with Crippen molar-refractivity contribution in [3.8, 4) is 28.0 Å². The quantitative estimate of drug-likeness (QED) is 0.287. The van der Waals surface area contributed by atoms with Crippen molar-refractivity contribution in [3.05, 3.63) is 71.0 Å². The first kappa shape index (κ1) is 23.6. The number of fused-ring (bicyclic) bond motifs is 6. The van der Waals surface area contributed by atoms with E-state index in [9.17, 15) is 4.79 Å². The third-order valence-corrected chi connectivity index (χ3v) is 8.26. The molecule has 0 spiro atoms. The van der Waals surface area contributed by atoms with Crippen LogP contribution in [0.15, 0.2) is 54.6 Å². The summed E-state index contributed by atoms with van der Waals surface area (Å²) in [4.78, 5) is 23.6. The molecule has 3 atom stereocenters. The molecule has 6 nitrogen and oxygen atoms in total. The molecular formula is C31H30ClN3O3. The molecule has 1 amide bonds. The molecule has 7 heteroatoms. The van der Waals surface area contributed by atoms with Crippen LogP contribution in [0.4, 0.5) is 4.79 Å². The largest absolute Gasteiger partial charge is 0.488 e. The van der Waals surface area contributed by atoms with Crippen LogP contribution in [-0.4, -0.2) is 32.6 Å². The van der Waals surface area contributed by atoms with Crippen molar-refractivity contribution in [2.75, 3.05) is 0 Å². The van der Waals surface area contributed by atoms with Crippen LogP contribution in [0.1, 0.15) is 57.5 Å². The van der Waals surface area contributed by atoms with Gasteiger partial charge in [-0.2, -0.15) is 0 Å². The highest BCUT2D eigenvalue weighted by atomic mass is 35.5. The third kappa shape index (κ3) is 3.93. The van der Waals surface area contributed by atoms with E-state index in [1.807, 2.05) is 43.9 Å². The summed E-state index contributed by atoms with van der Waals surface area (Å²) in [6, 6.07) is 18.7. The maximum Gasteiger partial charge on any atom is 0.411 e. The fourth-order valence-corrected chi connectivity index (χ4v) is 6.61. The zero-order chi connectivity index (χ0) is 26.2. The summed E-state index contributed by atoms with van der Waals surface area (Å²) < 4.78 is 11.9. The van der Waals surface area contributed by atoms with Crippen LogP contribution in [0.3, 0.4) is 0 Å². The molecule has 1 N–H and O–H groups in total. The van der Waals surface area contributed by atoms with Gasteiger partial charge in [-0.3, -0.25) is 4.90 Å². The van der Waals surface area contributed by atoms with Gasteiger partial charge in [-0.15, -0.1) is 0 Å². The van der Waals surface area contributed by atoms with Crippen molar-refractivity contribution in [1.29, 1.82) is 0 Å². The van der Waals surface area contributed by atoms with E-state index in [-0.39, 0.29) is 18.2 Å². The third-order valence-electron chi connectivity index (χ3n) is 8.03. The monoisotopic (exact) mass is 527 g/mol. The van der Waals surface area contributed by atoms with Gasteiger partial charge in [0.2, 0.25) is 0 Å². The van der Waals surface area contributed by atoms with Gasteiger partial charge >= 0.3 is 6.09 Å². The summed E-state index contributed by atoms with van der Waals surface area (Å²) in [6.07, 6.45) is 2.91. The fourth-order valence-electron chi connectivity index (χ4n) is 6.41. The van der Waals surface area contributed by atoms with Crippen molar-refractivity contribution in [1.82, 2.24) is 14.9 Å². The summed E-state index contributed by atoms with van der Waals surface area (Å²) in [7, 11) is 0. The number of carbonyl (C=O) groups is 1. The summed E-state index contributed by atoms with van der Waals surface area (Å²) in [5.74, 6) is 2.13. The number of hydrogen-bond donors (Lipinski definition) is 1. The lowest BCUT2D eigenvalue weighted by Gasteiger charge is -2.35. The number of H-pyrrole nitrogens is 1. The topological polar surface area (TPSA) is 67.4 Å². The average molecular weight is 528 g/mol. The number of aromatic nitrogens is 2. The minimum Gasteiger partial charge on any atom is -0.488 e. The lowest BCUT2D eigenvalue weighted by Crippen LogP contribution is -2.43. The first-order valence-corrected chi connectivity index (χ1v) is 13.7. The number of carbonyl (C=O) groups excluding carboxylic acids is 1. The van der Waals surface area contributed by atoms with Gasteiger partial charge in [-0.25, -0.2) is 9.78 Å². The first-order valence-electron chi connectivity index (χ1n) is 13.3. The van der Waals surface area contributed by atoms with E-state index in [1.165, 1.54) is 0 Å². The number of rotatable bonds is 2. The molecular weight excluding hydrogens is 498 g/mol. The number of likely N-dealkylation sites (tertiary alicyclic amines) is 1. The lowest BCUT2D eigenvalue weighted by molar-refractivity contribution is 0.00623. The second kappa shape index (κ2) is 8.50. The number of nitrogens with zero attached hydrogens (tertiary/aromatic N) is 2. The lowest BCUT2D eigenvalue weighted by atomic mass is 9.94. The summed E-state index contributed by atoms with van der Waals surface area (Å²) in [5.41, 5.74) is 6.84. The summed E-state index contributed by atoms with van der Waals surface area (Å²) in [5, 5.41) is 0.722. The number of benzene rings is 3. The van der Waals surface area contributed by atoms with Crippen LogP contribution < -0.4 is 4.74 Å². The number of amides is 1. The molecule has 2 bridgehead atoms. The Morgan fingerprint density at radius 2 is 1.84 bits per heavy atom. The van der Waals surface area contributed by atoms with Crippen LogP contribution in [0.5, 0.6) is 5.75 Å². The predicted octanol–water partition coefficient (Wildman–Crippen LogP) is 7.90. The second-order valence-electron chi connectivity index (χ2n) is 11.7. The van der Waals surface area contributed by atoms with Crippen molar-refractivity contribution < 1.29 is 14.3 Å². The van der Waals surface area contributed by atoms with Gasteiger partial charge in [0.25, 0.3) is 0 Å². The van der Waals surface area contributed by atoms with Gasteiger partial charge in [0.15, 0.2) is 0 Å². The van der Waals surface area contributed by atoms with Crippen LogP contribution >= 0.6 is 11.6 Å². The maximum atomic E-state index is 13.1. The minimum absolute atomic E-state index is 0.0785. The van der Waals surface area contributed by atoms with E-state index in [2.05, 4.69) is 41.4 Å². The first-order chi connectivity index (χ1) is 18.2. The Hall–Kier alpha value is -3.51. The highest BCUT2D eigenvalue weighted by Crippen LogP contribution is 2.50. The molecule has 38 heavy (non-hydrogen) atoms. The summed E-state index contributed by atoms with van der Waals surface area (Å²) in [6.45, 7) is 6.25. The average Bonchev–Trinajstić information content (AvgIpc) is 3.61.